The molecule has 1 fully saturated rings. The topological polar surface area (TPSA) is 102 Å². The molecular weight excluding hydrogens is 266 g/mol. The van der Waals surface area contributed by atoms with Gasteiger partial charge in [0.1, 0.15) is 11.7 Å². The highest BCUT2D eigenvalue weighted by Crippen LogP contribution is 2.29. The molecule has 2 N–H and O–H groups in total. The quantitative estimate of drug-likeness (QED) is 0.759. The number of carbonyl (C=O) groups excluding carboxylic acids is 2. The molecule has 20 heavy (non-hydrogen) atoms. The molecule has 1 amide bonds. The van der Waals surface area contributed by atoms with Crippen LogP contribution in [-0.2, 0) is 19.1 Å². The van der Waals surface area contributed by atoms with E-state index in [9.17, 15) is 14.4 Å². The number of hydrogen-bond acceptors (Lipinski definition) is 5. The van der Waals surface area contributed by atoms with Gasteiger partial charge in [0.25, 0.3) is 0 Å². The highest BCUT2D eigenvalue weighted by molar-refractivity contribution is 5.72. The van der Waals surface area contributed by atoms with Crippen molar-refractivity contribution >= 4 is 18.0 Å². The van der Waals surface area contributed by atoms with E-state index in [0.717, 1.165) is 0 Å². The summed E-state index contributed by atoms with van der Waals surface area (Å²) >= 11 is 0. The molecule has 1 saturated carbocycles. The van der Waals surface area contributed by atoms with E-state index in [-0.39, 0.29) is 12.8 Å². The van der Waals surface area contributed by atoms with Crippen molar-refractivity contribution < 1.29 is 29.0 Å². The molecule has 3 atom stereocenters. The van der Waals surface area contributed by atoms with E-state index in [1.54, 1.807) is 20.8 Å². The second-order valence-corrected chi connectivity index (χ2v) is 5.91. The van der Waals surface area contributed by atoms with Gasteiger partial charge in [0.05, 0.1) is 12.0 Å². The van der Waals surface area contributed by atoms with Crippen LogP contribution in [0.15, 0.2) is 0 Å². The molecule has 0 saturated heterocycles. The summed E-state index contributed by atoms with van der Waals surface area (Å²) in [6.45, 7) is 6.43. The third kappa shape index (κ3) is 5.07. The Hall–Kier alpha value is -1.79. The number of ether oxygens (including phenoxy) is 2. The Morgan fingerprint density at radius 1 is 1.20 bits per heavy atom. The minimum Gasteiger partial charge on any atom is -0.481 e. The first-order chi connectivity index (χ1) is 9.08. The molecule has 1 aliphatic carbocycles. The molecule has 114 valence electrons. The fraction of sp³-hybridized carbons (Fsp3) is 0.769. The van der Waals surface area contributed by atoms with Crippen LogP contribution in [0.25, 0.3) is 0 Å². The van der Waals surface area contributed by atoms with Crippen molar-refractivity contribution in [3.05, 3.63) is 0 Å². The minimum atomic E-state index is -0.962. The van der Waals surface area contributed by atoms with Gasteiger partial charge in [-0.2, -0.15) is 0 Å². The molecule has 7 nitrogen and oxygen atoms in total. The summed E-state index contributed by atoms with van der Waals surface area (Å²) in [4.78, 5) is 33.7. The van der Waals surface area contributed by atoms with E-state index in [0.29, 0.717) is 0 Å². The molecule has 0 aromatic rings. The van der Waals surface area contributed by atoms with E-state index >= 15 is 0 Å². The van der Waals surface area contributed by atoms with Gasteiger partial charge in [0, 0.05) is 6.92 Å². The fourth-order valence-corrected chi connectivity index (χ4v) is 2.16. The Labute approximate surface area is 117 Å². The maximum absolute atomic E-state index is 11.7. The third-order valence-electron chi connectivity index (χ3n) is 2.87. The van der Waals surface area contributed by atoms with Crippen LogP contribution >= 0.6 is 0 Å². The second kappa shape index (κ2) is 6.11. The van der Waals surface area contributed by atoms with Gasteiger partial charge in [0.15, 0.2) is 0 Å². The predicted octanol–water partition coefficient (Wildman–Crippen LogP) is 1.31. The van der Waals surface area contributed by atoms with Crippen LogP contribution in [-0.4, -0.2) is 40.9 Å². The lowest BCUT2D eigenvalue weighted by Gasteiger charge is -2.24. The Balaban J connectivity index is 2.66. The van der Waals surface area contributed by atoms with Gasteiger partial charge in [0.2, 0.25) is 0 Å². The van der Waals surface area contributed by atoms with Gasteiger partial charge in [-0.3, -0.25) is 9.59 Å². The first-order valence-corrected chi connectivity index (χ1v) is 6.48. The number of carboxylic acids is 1. The van der Waals surface area contributed by atoms with Crippen LogP contribution in [0.1, 0.15) is 40.5 Å². The number of hydrogen-bond donors (Lipinski definition) is 2. The van der Waals surface area contributed by atoms with Crippen LogP contribution < -0.4 is 5.32 Å². The number of nitrogens with one attached hydrogen (secondary N) is 1. The number of alkyl carbamates (subject to hydrolysis) is 1. The summed E-state index contributed by atoms with van der Waals surface area (Å²) in [7, 11) is 0. The van der Waals surface area contributed by atoms with Crippen molar-refractivity contribution in [2.45, 2.75) is 58.3 Å². The first-order valence-electron chi connectivity index (χ1n) is 6.48. The van der Waals surface area contributed by atoms with E-state index in [1.165, 1.54) is 6.92 Å². The second-order valence-electron chi connectivity index (χ2n) is 5.91. The molecular formula is C13H21NO6. The van der Waals surface area contributed by atoms with Gasteiger partial charge >= 0.3 is 18.0 Å². The molecule has 0 radical (unpaired) electrons. The van der Waals surface area contributed by atoms with Crippen LogP contribution in [0.2, 0.25) is 0 Å². The summed E-state index contributed by atoms with van der Waals surface area (Å²) in [6.07, 6.45) is -0.881. The zero-order valence-electron chi connectivity index (χ0n) is 12.1. The summed E-state index contributed by atoms with van der Waals surface area (Å²) in [5, 5.41) is 11.6. The van der Waals surface area contributed by atoms with Gasteiger partial charge in [-0.25, -0.2) is 4.79 Å². The van der Waals surface area contributed by atoms with Crippen molar-refractivity contribution in [1.29, 1.82) is 0 Å². The molecule has 0 aromatic carbocycles. The lowest BCUT2D eigenvalue weighted by Crippen LogP contribution is -2.44. The average Bonchev–Trinajstić information content (AvgIpc) is 2.57. The van der Waals surface area contributed by atoms with Crippen molar-refractivity contribution in [3.8, 4) is 0 Å². The lowest BCUT2D eigenvalue weighted by molar-refractivity contribution is -0.148. The Morgan fingerprint density at radius 2 is 1.80 bits per heavy atom. The summed E-state index contributed by atoms with van der Waals surface area (Å²) in [5.41, 5.74) is -0.647. The summed E-state index contributed by atoms with van der Waals surface area (Å²) < 4.78 is 10.2. The number of carboxylic acid groups (broad SMARTS) is 1. The Morgan fingerprint density at radius 3 is 2.25 bits per heavy atom. The predicted molar refractivity (Wildman–Crippen MR) is 69.1 cm³/mol. The van der Waals surface area contributed by atoms with E-state index < -0.39 is 41.7 Å². The monoisotopic (exact) mass is 287 g/mol. The van der Waals surface area contributed by atoms with Crippen molar-refractivity contribution in [1.82, 2.24) is 5.32 Å². The number of rotatable bonds is 3. The van der Waals surface area contributed by atoms with E-state index in [2.05, 4.69) is 5.32 Å². The molecule has 0 unspecified atom stereocenters. The largest absolute Gasteiger partial charge is 0.481 e. The van der Waals surface area contributed by atoms with Crippen molar-refractivity contribution in [2.75, 3.05) is 0 Å². The summed E-state index contributed by atoms with van der Waals surface area (Å²) in [6, 6.07) is -0.546. The smallest absolute Gasteiger partial charge is 0.408 e. The number of esters is 1. The van der Waals surface area contributed by atoms with Crippen molar-refractivity contribution in [2.24, 2.45) is 5.92 Å². The normalized spacial score (nSPS) is 25.9. The first kappa shape index (κ1) is 16.3. The fourth-order valence-electron chi connectivity index (χ4n) is 2.16. The van der Waals surface area contributed by atoms with Crippen LogP contribution in [0.3, 0.4) is 0 Å². The number of aliphatic carboxylic acids is 1. The maximum Gasteiger partial charge on any atom is 0.408 e. The maximum atomic E-state index is 11.7. The van der Waals surface area contributed by atoms with E-state index in [1.807, 2.05) is 0 Å². The lowest BCUT2D eigenvalue weighted by atomic mass is 10.1. The van der Waals surface area contributed by atoms with Crippen LogP contribution in [0.4, 0.5) is 4.79 Å². The zero-order chi connectivity index (χ0) is 15.5. The van der Waals surface area contributed by atoms with Gasteiger partial charge in [-0.05, 0) is 33.6 Å². The summed E-state index contributed by atoms with van der Waals surface area (Å²) in [5.74, 6) is -2.10. The number of carbonyl (C=O) groups is 3. The molecule has 0 spiro atoms. The number of amides is 1. The van der Waals surface area contributed by atoms with Crippen LogP contribution in [0, 0.1) is 5.92 Å². The molecule has 0 bridgehead atoms. The van der Waals surface area contributed by atoms with Gasteiger partial charge < -0.3 is 19.9 Å². The average molecular weight is 287 g/mol. The third-order valence-corrected chi connectivity index (χ3v) is 2.87. The highest BCUT2D eigenvalue weighted by Gasteiger charge is 2.41. The van der Waals surface area contributed by atoms with E-state index in [4.69, 9.17) is 14.6 Å². The molecule has 7 heteroatoms. The van der Waals surface area contributed by atoms with Gasteiger partial charge in [-0.15, -0.1) is 0 Å². The molecule has 1 rings (SSSR count). The zero-order valence-corrected chi connectivity index (χ0v) is 12.1. The highest BCUT2D eigenvalue weighted by atomic mass is 16.6. The van der Waals surface area contributed by atoms with Gasteiger partial charge in [-0.1, -0.05) is 0 Å². The molecule has 0 aliphatic heterocycles. The Kier molecular flexibility index (Phi) is 4.97. The molecule has 1 aliphatic rings. The molecule has 0 heterocycles. The standard InChI is InChI=1S/C13H21NO6/c1-7(15)19-10-6-8(11(16)17)5-9(10)14-12(18)20-13(2,3)4/h8-10H,5-6H2,1-4H3,(H,14,18)(H,16,17)/t8-,9+,10+/m1/s1. The minimum absolute atomic E-state index is 0.190. The molecule has 0 aromatic heterocycles. The Bertz CT molecular complexity index is 400. The van der Waals surface area contributed by atoms with Crippen molar-refractivity contribution in [3.63, 3.8) is 0 Å². The SMILES string of the molecule is CC(=O)O[C@H]1C[C@H](C(=O)O)C[C@@H]1NC(=O)OC(C)(C)C. The van der Waals surface area contributed by atoms with Crippen LogP contribution in [0.5, 0.6) is 0 Å².